The van der Waals surface area contributed by atoms with Crippen LogP contribution in [0.15, 0.2) is 60.7 Å². The number of rotatable bonds is 2. The van der Waals surface area contributed by atoms with Gasteiger partial charge in [-0.2, -0.15) is 0 Å². The molecule has 2 fully saturated rings. The Morgan fingerprint density at radius 1 is 0.789 bits per heavy atom. The van der Waals surface area contributed by atoms with Crippen molar-refractivity contribution in [3.05, 3.63) is 71.8 Å². The van der Waals surface area contributed by atoms with E-state index in [1.807, 2.05) is 0 Å². The van der Waals surface area contributed by atoms with E-state index in [1.54, 1.807) is 0 Å². The van der Waals surface area contributed by atoms with Crippen LogP contribution < -0.4 is 5.32 Å². The fraction of sp³-hybridized carbons (Fsp3) is 0.333. The second-order valence-corrected chi connectivity index (χ2v) is 5.93. The van der Waals surface area contributed by atoms with Gasteiger partial charge in [-0.25, -0.2) is 0 Å². The van der Waals surface area contributed by atoms with Crippen molar-refractivity contribution >= 4 is 0 Å². The molecule has 0 spiro atoms. The van der Waals surface area contributed by atoms with E-state index >= 15 is 0 Å². The first kappa shape index (κ1) is 11.2. The van der Waals surface area contributed by atoms with Crippen LogP contribution in [-0.4, -0.2) is 13.1 Å². The van der Waals surface area contributed by atoms with Gasteiger partial charge < -0.3 is 5.32 Å². The molecule has 1 nitrogen and oxygen atoms in total. The lowest BCUT2D eigenvalue weighted by Gasteiger charge is -2.53. The molecule has 1 heteroatoms. The molecule has 1 aliphatic heterocycles. The number of benzene rings is 2. The molecular weight excluding hydrogens is 230 g/mol. The van der Waals surface area contributed by atoms with Crippen LogP contribution in [0.1, 0.15) is 17.5 Å². The summed E-state index contributed by atoms with van der Waals surface area (Å²) in [6.45, 7) is 2.36. The zero-order valence-electron chi connectivity index (χ0n) is 11.0. The minimum absolute atomic E-state index is 0.247. The topological polar surface area (TPSA) is 12.0 Å². The summed E-state index contributed by atoms with van der Waals surface area (Å²) in [5.74, 6) is 1.62. The highest BCUT2D eigenvalue weighted by atomic mass is 14.9. The first-order valence-electron chi connectivity index (χ1n) is 7.23. The molecule has 1 saturated heterocycles. The van der Waals surface area contributed by atoms with Gasteiger partial charge in [-0.1, -0.05) is 60.7 Å². The van der Waals surface area contributed by atoms with Crippen LogP contribution in [0.5, 0.6) is 0 Å². The van der Waals surface area contributed by atoms with Crippen molar-refractivity contribution in [3.63, 3.8) is 0 Å². The van der Waals surface area contributed by atoms with Gasteiger partial charge in [-0.3, -0.25) is 0 Å². The molecule has 0 amide bonds. The number of nitrogens with one attached hydrogen (secondary N) is 1. The highest BCUT2D eigenvalue weighted by Crippen LogP contribution is 2.57. The van der Waals surface area contributed by atoms with Crippen molar-refractivity contribution in [2.45, 2.75) is 11.8 Å². The minimum Gasteiger partial charge on any atom is -0.316 e. The monoisotopic (exact) mass is 249 g/mol. The van der Waals surface area contributed by atoms with Crippen molar-refractivity contribution in [2.75, 3.05) is 13.1 Å². The molecule has 0 aromatic heterocycles. The van der Waals surface area contributed by atoms with Gasteiger partial charge in [0.05, 0.1) is 0 Å². The SMILES string of the molecule is c1ccc(C2(c3ccccc3)CC3CNCC32)cc1. The second kappa shape index (κ2) is 4.21. The van der Waals surface area contributed by atoms with Gasteiger partial charge >= 0.3 is 0 Å². The highest BCUT2D eigenvalue weighted by Gasteiger charge is 2.56. The van der Waals surface area contributed by atoms with Gasteiger partial charge in [-0.15, -0.1) is 0 Å². The standard InChI is InChI=1S/C18H19N/c1-3-7-15(8-4-1)18(16-9-5-2-6-10-16)11-14-12-19-13-17(14)18/h1-10,14,17,19H,11-13H2. The molecule has 2 atom stereocenters. The Labute approximate surface area is 114 Å². The Balaban J connectivity index is 1.85. The summed E-state index contributed by atoms with van der Waals surface area (Å²) < 4.78 is 0. The summed E-state index contributed by atoms with van der Waals surface area (Å²) in [6.07, 6.45) is 1.29. The molecule has 2 aromatic rings. The highest BCUT2D eigenvalue weighted by molar-refractivity contribution is 5.44. The first-order chi connectivity index (χ1) is 9.41. The number of fused-ring (bicyclic) bond motifs is 1. The van der Waals surface area contributed by atoms with E-state index in [0.29, 0.717) is 0 Å². The maximum atomic E-state index is 3.58. The van der Waals surface area contributed by atoms with Crippen LogP contribution in [-0.2, 0) is 5.41 Å². The molecule has 1 heterocycles. The zero-order chi connectivity index (χ0) is 12.7. The summed E-state index contributed by atoms with van der Waals surface area (Å²) in [4.78, 5) is 0. The van der Waals surface area contributed by atoms with Crippen molar-refractivity contribution in [3.8, 4) is 0 Å². The lowest BCUT2D eigenvalue weighted by molar-refractivity contribution is 0.111. The Hall–Kier alpha value is -1.60. The molecular formula is C18H19N. The Bertz CT molecular complexity index is 521. The second-order valence-electron chi connectivity index (χ2n) is 5.93. The van der Waals surface area contributed by atoms with Crippen LogP contribution in [0.3, 0.4) is 0 Å². The van der Waals surface area contributed by atoms with Crippen molar-refractivity contribution in [1.82, 2.24) is 5.32 Å². The van der Waals surface area contributed by atoms with E-state index in [1.165, 1.54) is 24.1 Å². The molecule has 2 aliphatic rings. The van der Waals surface area contributed by atoms with E-state index in [0.717, 1.165) is 18.4 Å². The summed E-state index contributed by atoms with van der Waals surface area (Å²) >= 11 is 0. The van der Waals surface area contributed by atoms with Crippen molar-refractivity contribution < 1.29 is 0 Å². The quantitative estimate of drug-likeness (QED) is 0.861. The molecule has 96 valence electrons. The lowest BCUT2D eigenvalue weighted by Crippen LogP contribution is -2.51. The van der Waals surface area contributed by atoms with E-state index in [2.05, 4.69) is 66.0 Å². The minimum atomic E-state index is 0.247. The fourth-order valence-electron chi connectivity index (χ4n) is 4.23. The van der Waals surface area contributed by atoms with E-state index in [9.17, 15) is 0 Å². The third-order valence-corrected chi connectivity index (χ3v) is 5.13. The van der Waals surface area contributed by atoms with E-state index in [-0.39, 0.29) is 5.41 Å². The average molecular weight is 249 g/mol. The van der Waals surface area contributed by atoms with Gasteiger partial charge in [-0.05, 0) is 42.5 Å². The Kier molecular flexibility index (Phi) is 2.49. The van der Waals surface area contributed by atoms with Crippen molar-refractivity contribution in [2.24, 2.45) is 11.8 Å². The summed E-state index contributed by atoms with van der Waals surface area (Å²) in [5, 5.41) is 3.58. The molecule has 0 radical (unpaired) electrons. The average Bonchev–Trinajstić information content (AvgIpc) is 2.85. The number of hydrogen-bond acceptors (Lipinski definition) is 1. The molecule has 2 unspecified atom stereocenters. The third-order valence-electron chi connectivity index (χ3n) is 5.13. The van der Waals surface area contributed by atoms with Gasteiger partial charge in [0.25, 0.3) is 0 Å². The first-order valence-corrected chi connectivity index (χ1v) is 7.23. The van der Waals surface area contributed by atoms with Gasteiger partial charge in [0.2, 0.25) is 0 Å². The predicted molar refractivity (Wildman–Crippen MR) is 78.1 cm³/mol. The van der Waals surface area contributed by atoms with Crippen LogP contribution in [0.25, 0.3) is 0 Å². The predicted octanol–water partition coefficient (Wildman–Crippen LogP) is 3.21. The molecule has 4 rings (SSSR count). The van der Waals surface area contributed by atoms with E-state index in [4.69, 9.17) is 0 Å². The third kappa shape index (κ3) is 1.51. The van der Waals surface area contributed by atoms with Crippen LogP contribution in [0.4, 0.5) is 0 Å². The molecule has 1 aliphatic carbocycles. The van der Waals surface area contributed by atoms with Crippen molar-refractivity contribution in [1.29, 1.82) is 0 Å². The molecule has 2 aromatic carbocycles. The van der Waals surface area contributed by atoms with Crippen LogP contribution in [0, 0.1) is 11.8 Å². The van der Waals surface area contributed by atoms with Gasteiger partial charge in [0.15, 0.2) is 0 Å². The van der Waals surface area contributed by atoms with Gasteiger partial charge in [0, 0.05) is 5.41 Å². The Morgan fingerprint density at radius 3 is 1.89 bits per heavy atom. The number of hydrogen-bond donors (Lipinski definition) is 1. The molecule has 0 bridgehead atoms. The largest absolute Gasteiger partial charge is 0.316 e. The maximum absolute atomic E-state index is 3.58. The normalized spacial score (nSPS) is 27.6. The fourth-order valence-corrected chi connectivity index (χ4v) is 4.23. The maximum Gasteiger partial charge on any atom is 0.0249 e. The molecule has 1 saturated carbocycles. The molecule has 1 N–H and O–H groups in total. The summed E-state index contributed by atoms with van der Waals surface area (Å²) in [7, 11) is 0. The zero-order valence-corrected chi connectivity index (χ0v) is 11.0. The van der Waals surface area contributed by atoms with Gasteiger partial charge in [0.1, 0.15) is 0 Å². The van der Waals surface area contributed by atoms with Crippen LogP contribution >= 0.6 is 0 Å². The van der Waals surface area contributed by atoms with E-state index < -0.39 is 0 Å². The summed E-state index contributed by atoms with van der Waals surface area (Å²) in [5.41, 5.74) is 3.23. The Morgan fingerprint density at radius 2 is 1.37 bits per heavy atom. The molecule has 19 heavy (non-hydrogen) atoms. The lowest BCUT2D eigenvalue weighted by atomic mass is 9.49. The van der Waals surface area contributed by atoms with Crippen LogP contribution in [0.2, 0.25) is 0 Å². The smallest absolute Gasteiger partial charge is 0.0249 e. The summed E-state index contributed by atoms with van der Waals surface area (Å²) in [6, 6.07) is 22.2.